The number of rotatable bonds is 3. The molecular formula is C12H8Br2ClFS. The van der Waals surface area contributed by atoms with Crippen LogP contribution in [-0.2, 0) is 6.42 Å². The third-order valence-electron chi connectivity index (χ3n) is 2.33. The molecule has 0 radical (unpaired) electrons. The Hall–Kier alpha value is 0.1000. The van der Waals surface area contributed by atoms with Gasteiger partial charge in [0.2, 0.25) is 0 Å². The van der Waals surface area contributed by atoms with Gasteiger partial charge in [-0.25, -0.2) is 4.39 Å². The Bertz CT molecular complexity index is 507. The molecule has 0 aliphatic carbocycles. The molecule has 2 rings (SSSR count). The van der Waals surface area contributed by atoms with Crippen LogP contribution in [0.5, 0.6) is 0 Å². The van der Waals surface area contributed by atoms with E-state index >= 15 is 0 Å². The lowest BCUT2D eigenvalue weighted by atomic mass is 10.1. The molecule has 0 saturated heterocycles. The first-order valence-electron chi connectivity index (χ1n) is 4.90. The fourth-order valence-corrected chi connectivity index (χ4v) is 3.91. The van der Waals surface area contributed by atoms with E-state index in [0.29, 0.717) is 12.0 Å². The number of thiophene rings is 1. The van der Waals surface area contributed by atoms with Crippen molar-refractivity contribution in [3.63, 3.8) is 0 Å². The molecule has 90 valence electrons. The van der Waals surface area contributed by atoms with Crippen molar-refractivity contribution in [2.75, 3.05) is 0 Å². The van der Waals surface area contributed by atoms with E-state index in [-0.39, 0.29) is 11.2 Å². The summed E-state index contributed by atoms with van der Waals surface area (Å²) < 4.78 is 15.5. The molecule has 0 aliphatic rings. The van der Waals surface area contributed by atoms with Crippen LogP contribution in [0.3, 0.4) is 0 Å². The number of hydrogen-bond acceptors (Lipinski definition) is 1. The van der Waals surface area contributed by atoms with E-state index in [0.717, 1.165) is 13.1 Å². The summed E-state index contributed by atoms with van der Waals surface area (Å²) in [6.07, 6.45) is 0.494. The average molecular weight is 399 g/mol. The highest BCUT2D eigenvalue weighted by atomic mass is 79.9. The van der Waals surface area contributed by atoms with Crippen LogP contribution in [0.2, 0.25) is 0 Å². The summed E-state index contributed by atoms with van der Waals surface area (Å²) in [4.78, 5) is 1.02. The maximum atomic E-state index is 13.5. The molecular weight excluding hydrogens is 390 g/mol. The number of halogens is 4. The van der Waals surface area contributed by atoms with Gasteiger partial charge in [0.25, 0.3) is 0 Å². The second-order valence-electron chi connectivity index (χ2n) is 3.53. The summed E-state index contributed by atoms with van der Waals surface area (Å²) in [6, 6.07) is 8.69. The standard InChI is InChI=1S/C12H8Br2ClFS/c13-8-6-11(17-12(8)14)9(15)5-7-3-1-2-4-10(7)16/h1-4,6,9H,5H2. The normalized spacial score (nSPS) is 12.7. The third kappa shape index (κ3) is 3.31. The van der Waals surface area contributed by atoms with Crippen molar-refractivity contribution < 1.29 is 4.39 Å². The molecule has 0 spiro atoms. The highest BCUT2D eigenvalue weighted by Gasteiger charge is 2.15. The van der Waals surface area contributed by atoms with E-state index in [1.54, 1.807) is 23.5 Å². The second-order valence-corrected chi connectivity index (χ2v) is 7.32. The third-order valence-corrected chi connectivity index (χ3v) is 6.22. The first-order valence-corrected chi connectivity index (χ1v) is 7.74. The Labute approximate surface area is 125 Å². The molecule has 1 aromatic carbocycles. The van der Waals surface area contributed by atoms with E-state index < -0.39 is 0 Å². The summed E-state index contributed by atoms with van der Waals surface area (Å²) in [5, 5.41) is -0.209. The number of alkyl halides is 1. The maximum Gasteiger partial charge on any atom is 0.126 e. The Morgan fingerprint density at radius 1 is 1.29 bits per heavy atom. The topological polar surface area (TPSA) is 0 Å². The highest BCUT2D eigenvalue weighted by molar-refractivity contribution is 9.13. The Balaban J connectivity index is 2.17. The fraction of sp³-hybridized carbons (Fsp3) is 0.167. The second kappa shape index (κ2) is 5.83. The zero-order chi connectivity index (χ0) is 12.4. The van der Waals surface area contributed by atoms with Gasteiger partial charge in [0.05, 0.1) is 9.16 Å². The Morgan fingerprint density at radius 3 is 2.59 bits per heavy atom. The monoisotopic (exact) mass is 396 g/mol. The minimum Gasteiger partial charge on any atom is -0.207 e. The van der Waals surface area contributed by atoms with E-state index in [4.69, 9.17) is 11.6 Å². The van der Waals surface area contributed by atoms with Gasteiger partial charge >= 0.3 is 0 Å². The molecule has 5 heteroatoms. The van der Waals surface area contributed by atoms with Crippen molar-refractivity contribution in [1.82, 2.24) is 0 Å². The lowest BCUT2D eigenvalue weighted by Gasteiger charge is -2.07. The van der Waals surface area contributed by atoms with Crippen LogP contribution in [0.15, 0.2) is 38.6 Å². The van der Waals surface area contributed by atoms with Crippen molar-refractivity contribution >= 4 is 54.8 Å². The molecule has 1 aromatic heterocycles. The Kier molecular flexibility index (Phi) is 4.64. The molecule has 0 bridgehead atoms. The van der Waals surface area contributed by atoms with Gasteiger partial charge in [-0.15, -0.1) is 22.9 Å². The summed E-state index contributed by atoms with van der Waals surface area (Å²) >= 11 is 14.7. The Morgan fingerprint density at radius 2 is 2.00 bits per heavy atom. The smallest absolute Gasteiger partial charge is 0.126 e. The number of benzene rings is 1. The van der Waals surface area contributed by atoms with Gasteiger partial charge in [-0.3, -0.25) is 0 Å². The zero-order valence-electron chi connectivity index (χ0n) is 8.59. The minimum absolute atomic E-state index is 0.201. The van der Waals surface area contributed by atoms with E-state index in [2.05, 4.69) is 31.9 Å². The van der Waals surface area contributed by atoms with Gasteiger partial charge in [0.15, 0.2) is 0 Å². The van der Waals surface area contributed by atoms with Gasteiger partial charge in [-0.2, -0.15) is 0 Å². The van der Waals surface area contributed by atoms with Crippen molar-refractivity contribution in [3.05, 3.63) is 54.8 Å². The quantitative estimate of drug-likeness (QED) is 0.562. The fourth-order valence-electron chi connectivity index (χ4n) is 1.48. The van der Waals surface area contributed by atoms with Gasteiger partial charge in [0.1, 0.15) is 5.82 Å². The van der Waals surface area contributed by atoms with Crippen LogP contribution in [0.4, 0.5) is 4.39 Å². The lowest BCUT2D eigenvalue weighted by molar-refractivity contribution is 0.607. The van der Waals surface area contributed by atoms with Crippen LogP contribution in [-0.4, -0.2) is 0 Å². The molecule has 2 aromatic rings. The van der Waals surface area contributed by atoms with E-state index in [1.165, 1.54) is 6.07 Å². The lowest BCUT2D eigenvalue weighted by Crippen LogP contribution is -1.96. The predicted octanol–water partition coefficient (Wildman–Crippen LogP) is 5.93. The molecule has 1 heterocycles. The van der Waals surface area contributed by atoms with Crippen molar-refractivity contribution in [2.24, 2.45) is 0 Å². The summed E-state index contributed by atoms with van der Waals surface area (Å²) in [6.45, 7) is 0. The highest BCUT2D eigenvalue weighted by Crippen LogP contribution is 2.39. The van der Waals surface area contributed by atoms with Crippen LogP contribution in [0.25, 0.3) is 0 Å². The number of hydrogen-bond donors (Lipinski definition) is 0. The van der Waals surface area contributed by atoms with Gasteiger partial charge in [-0.05, 0) is 56.0 Å². The van der Waals surface area contributed by atoms with Crippen LogP contribution >= 0.6 is 54.8 Å². The molecule has 0 fully saturated rings. The van der Waals surface area contributed by atoms with Gasteiger partial charge in [0, 0.05) is 9.35 Å². The van der Waals surface area contributed by atoms with Crippen molar-refractivity contribution in [2.45, 2.75) is 11.8 Å². The summed E-state index contributed by atoms with van der Waals surface area (Å²) in [5.41, 5.74) is 0.646. The first-order chi connectivity index (χ1) is 8.08. The van der Waals surface area contributed by atoms with Gasteiger partial charge < -0.3 is 0 Å². The van der Waals surface area contributed by atoms with E-state index in [9.17, 15) is 4.39 Å². The van der Waals surface area contributed by atoms with Crippen LogP contribution < -0.4 is 0 Å². The average Bonchev–Trinajstić information content (AvgIpc) is 2.63. The SMILES string of the molecule is Fc1ccccc1CC(Cl)c1cc(Br)c(Br)s1. The predicted molar refractivity (Wildman–Crippen MR) is 78.4 cm³/mol. The van der Waals surface area contributed by atoms with E-state index in [1.807, 2.05) is 12.1 Å². The van der Waals surface area contributed by atoms with Crippen LogP contribution in [0.1, 0.15) is 15.8 Å². The maximum absolute atomic E-state index is 13.5. The molecule has 0 saturated carbocycles. The molecule has 0 amide bonds. The zero-order valence-corrected chi connectivity index (χ0v) is 13.3. The van der Waals surface area contributed by atoms with Crippen molar-refractivity contribution in [1.29, 1.82) is 0 Å². The minimum atomic E-state index is -0.209. The molecule has 17 heavy (non-hydrogen) atoms. The van der Waals surface area contributed by atoms with Gasteiger partial charge in [-0.1, -0.05) is 18.2 Å². The molecule has 1 atom stereocenters. The summed E-state index contributed by atoms with van der Waals surface area (Å²) in [7, 11) is 0. The van der Waals surface area contributed by atoms with Crippen molar-refractivity contribution in [3.8, 4) is 0 Å². The molecule has 0 N–H and O–H groups in total. The van der Waals surface area contributed by atoms with Crippen LogP contribution in [0, 0.1) is 5.82 Å². The molecule has 0 nitrogen and oxygen atoms in total. The first kappa shape index (κ1) is 13.5. The summed E-state index contributed by atoms with van der Waals surface area (Å²) in [5.74, 6) is -0.201. The molecule has 1 unspecified atom stereocenters. The molecule has 0 aliphatic heterocycles. The largest absolute Gasteiger partial charge is 0.207 e.